The number of carbonyl (C=O) groups is 2. The van der Waals surface area contributed by atoms with Crippen LogP contribution in [-0.4, -0.2) is 62.8 Å². The Bertz CT molecular complexity index is 718. The van der Waals surface area contributed by atoms with E-state index >= 15 is 0 Å². The van der Waals surface area contributed by atoms with Gasteiger partial charge in [-0.05, 0) is 37.1 Å². The summed E-state index contributed by atoms with van der Waals surface area (Å²) in [5, 5.41) is 0.425. The summed E-state index contributed by atoms with van der Waals surface area (Å²) in [5.41, 5.74) is 0. The lowest BCUT2D eigenvalue weighted by molar-refractivity contribution is -0.153. The van der Waals surface area contributed by atoms with E-state index in [4.69, 9.17) is 16.3 Å². The summed E-state index contributed by atoms with van der Waals surface area (Å²) in [5.74, 6) is -1.08. The van der Waals surface area contributed by atoms with E-state index in [2.05, 4.69) is 0 Å². The van der Waals surface area contributed by atoms with Gasteiger partial charge < -0.3 is 9.64 Å². The van der Waals surface area contributed by atoms with Gasteiger partial charge in [0, 0.05) is 25.7 Å². The van der Waals surface area contributed by atoms with Gasteiger partial charge in [-0.3, -0.25) is 9.59 Å². The summed E-state index contributed by atoms with van der Waals surface area (Å²) in [7, 11) is -0.737. The lowest BCUT2D eigenvalue weighted by Gasteiger charge is -2.23. The molecular formula is C15H19ClN2O5S. The largest absolute Gasteiger partial charge is 0.454 e. The van der Waals surface area contributed by atoms with Crippen molar-refractivity contribution < 1.29 is 22.7 Å². The first-order chi connectivity index (χ1) is 11.2. The predicted molar refractivity (Wildman–Crippen MR) is 88.0 cm³/mol. The van der Waals surface area contributed by atoms with Crippen molar-refractivity contribution in [2.75, 3.05) is 27.2 Å². The number of halogens is 1. The van der Waals surface area contributed by atoms with Gasteiger partial charge in [-0.15, -0.1) is 0 Å². The highest BCUT2D eigenvalue weighted by atomic mass is 35.5. The van der Waals surface area contributed by atoms with Gasteiger partial charge in [0.25, 0.3) is 5.91 Å². The second kappa shape index (κ2) is 7.50. The van der Waals surface area contributed by atoms with E-state index in [0.29, 0.717) is 17.9 Å². The number of hydrogen-bond donors (Lipinski definition) is 0. The molecule has 0 radical (unpaired) electrons. The SMILES string of the molecule is CN(C)C(=O)COC(=O)[C@@H]1CCCN1S(=O)(=O)c1ccc(Cl)cc1. The zero-order valence-electron chi connectivity index (χ0n) is 13.4. The molecule has 1 aliphatic heterocycles. The monoisotopic (exact) mass is 374 g/mol. The maximum absolute atomic E-state index is 12.7. The number of rotatable bonds is 5. The van der Waals surface area contributed by atoms with Gasteiger partial charge in [0.1, 0.15) is 6.04 Å². The minimum absolute atomic E-state index is 0.0657. The predicted octanol–water partition coefficient (Wildman–Crippen LogP) is 1.12. The zero-order valence-corrected chi connectivity index (χ0v) is 15.0. The summed E-state index contributed by atoms with van der Waals surface area (Å²) >= 11 is 5.78. The molecule has 1 fully saturated rings. The van der Waals surface area contributed by atoms with Gasteiger partial charge in [0.15, 0.2) is 6.61 Å². The van der Waals surface area contributed by atoms with Crippen molar-refractivity contribution in [1.82, 2.24) is 9.21 Å². The van der Waals surface area contributed by atoms with Crippen molar-refractivity contribution in [1.29, 1.82) is 0 Å². The Labute approximate surface area is 146 Å². The second-order valence-electron chi connectivity index (χ2n) is 5.62. The molecule has 0 spiro atoms. The van der Waals surface area contributed by atoms with E-state index in [1.165, 1.54) is 29.2 Å². The Hall–Kier alpha value is -1.64. The molecule has 1 saturated heterocycles. The average Bonchev–Trinajstić information content (AvgIpc) is 3.03. The molecule has 2 rings (SSSR count). The van der Waals surface area contributed by atoms with Crippen molar-refractivity contribution in [3.05, 3.63) is 29.3 Å². The summed E-state index contributed by atoms with van der Waals surface area (Å²) in [6.07, 6.45) is 0.913. The van der Waals surface area contributed by atoms with Gasteiger partial charge in [-0.2, -0.15) is 4.31 Å². The fourth-order valence-electron chi connectivity index (χ4n) is 2.36. The van der Waals surface area contributed by atoms with Crippen molar-refractivity contribution in [2.45, 2.75) is 23.8 Å². The maximum Gasteiger partial charge on any atom is 0.324 e. The third-order valence-corrected chi connectivity index (χ3v) is 5.91. The first-order valence-electron chi connectivity index (χ1n) is 7.37. The number of likely N-dealkylation sites (N-methyl/N-ethyl adjacent to an activating group) is 1. The van der Waals surface area contributed by atoms with Gasteiger partial charge in [-0.25, -0.2) is 8.42 Å². The topological polar surface area (TPSA) is 84.0 Å². The summed E-state index contributed by atoms with van der Waals surface area (Å²) in [6.45, 7) is -0.177. The number of amides is 1. The van der Waals surface area contributed by atoms with E-state index in [1.807, 2.05) is 0 Å². The molecule has 24 heavy (non-hydrogen) atoms. The minimum atomic E-state index is -3.83. The van der Waals surface area contributed by atoms with Crippen LogP contribution in [0.5, 0.6) is 0 Å². The standard InChI is InChI=1S/C15H19ClN2O5S/c1-17(2)14(19)10-23-15(20)13-4-3-9-18(13)24(21,22)12-7-5-11(16)6-8-12/h5-8,13H,3-4,9-10H2,1-2H3/t13-/m0/s1. The van der Waals surface area contributed by atoms with Crippen LogP contribution in [0.25, 0.3) is 0 Å². The second-order valence-corrected chi connectivity index (χ2v) is 7.95. The van der Waals surface area contributed by atoms with Crippen LogP contribution in [0, 0.1) is 0 Å². The Morgan fingerprint density at radius 2 is 1.92 bits per heavy atom. The highest BCUT2D eigenvalue weighted by molar-refractivity contribution is 7.89. The third kappa shape index (κ3) is 4.06. The van der Waals surface area contributed by atoms with Gasteiger partial charge in [0.2, 0.25) is 10.0 Å². The van der Waals surface area contributed by atoms with Gasteiger partial charge in [-0.1, -0.05) is 11.6 Å². The highest BCUT2D eigenvalue weighted by Gasteiger charge is 2.40. The molecule has 1 amide bonds. The first kappa shape index (κ1) is 18.7. The number of nitrogens with zero attached hydrogens (tertiary/aromatic N) is 2. The molecule has 0 saturated carbocycles. The smallest absolute Gasteiger partial charge is 0.324 e. The van der Waals surface area contributed by atoms with E-state index in [0.717, 1.165) is 4.31 Å². The van der Waals surface area contributed by atoms with Crippen LogP contribution in [0.1, 0.15) is 12.8 Å². The fraction of sp³-hybridized carbons (Fsp3) is 0.467. The molecule has 0 unspecified atom stereocenters. The normalized spacial score (nSPS) is 18.4. The number of ether oxygens (including phenoxy) is 1. The Morgan fingerprint density at radius 3 is 2.50 bits per heavy atom. The third-order valence-electron chi connectivity index (χ3n) is 3.73. The van der Waals surface area contributed by atoms with E-state index in [1.54, 1.807) is 14.1 Å². The molecule has 1 aromatic carbocycles. The van der Waals surface area contributed by atoms with Crippen LogP contribution in [0.3, 0.4) is 0 Å². The van der Waals surface area contributed by atoms with Crippen molar-refractivity contribution in [3.63, 3.8) is 0 Å². The molecule has 1 atom stereocenters. The summed E-state index contributed by atoms with van der Waals surface area (Å²) in [6, 6.07) is 4.84. The number of benzene rings is 1. The Morgan fingerprint density at radius 1 is 1.29 bits per heavy atom. The Kier molecular flexibility index (Phi) is 5.84. The van der Waals surface area contributed by atoms with Crippen LogP contribution < -0.4 is 0 Å². The van der Waals surface area contributed by atoms with Gasteiger partial charge >= 0.3 is 5.97 Å². The molecule has 0 N–H and O–H groups in total. The molecule has 1 aliphatic rings. The molecule has 0 aliphatic carbocycles. The van der Waals surface area contributed by atoms with Crippen LogP contribution in [-0.2, 0) is 24.3 Å². The van der Waals surface area contributed by atoms with Crippen LogP contribution in [0.2, 0.25) is 5.02 Å². The van der Waals surface area contributed by atoms with E-state index in [9.17, 15) is 18.0 Å². The first-order valence-corrected chi connectivity index (χ1v) is 9.19. The van der Waals surface area contributed by atoms with Crippen LogP contribution >= 0.6 is 11.6 Å². The van der Waals surface area contributed by atoms with Gasteiger partial charge in [0.05, 0.1) is 4.90 Å². The lowest BCUT2D eigenvalue weighted by Crippen LogP contribution is -2.42. The maximum atomic E-state index is 12.7. The zero-order chi connectivity index (χ0) is 17.9. The minimum Gasteiger partial charge on any atom is -0.454 e. The molecule has 7 nitrogen and oxygen atoms in total. The fourth-order valence-corrected chi connectivity index (χ4v) is 4.14. The number of hydrogen-bond acceptors (Lipinski definition) is 5. The van der Waals surface area contributed by atoms with Crippen molar-refractivity contribution in [3.8, 4) is 0 Å². The number of esters is 1. The summed E-state index contributed by atoms with van der Waals surface area (Å²) < 4.78 is 31.5. The number of carbonyl (C=O) groups excluding carboxylic acids is 2. The lowest BCUT2D eigenvalue weighted by atomic mass is 10.2. The van der Waals surface area contributed by atoms with Crippen molar-refractivity contribution >= 4 is 33.5 Å². The molecule has 132 valence electrons. The molecular weight excluding hydrogens is 356 g/mol. The van der Waals surface area contributed by atoms with Crippen molar-refractivity contribution in [2.24, 2.45) is 0 Å². The summed E-state index contributed by atoms with van der Waals surface area (Å²) in [4.78, 5) is 25.1. The average molecular weight is 375 g/mol. The molecule has 0 bridgehead atoms. The highest BCUT2D eigenvalue weighted by Crippen LogP contribution is 2.27. The van der Waals surface area contributed by atoms with Crippen LogP contribution in [0.15, 0.2) is 29.2 Å². The Balaban J connectivity index is 2.13. The van der Waals surface area contributed by atoms with Crippen LogP contribution in [0.4, 0.5) is 0 Å². The molecule has 0 aromatic heterocycles. The molecule has 1 aromatic rings. The number of sulfonamides is 1. The van der Waals surface area contributed by atoms with E-state index < -0.39 is 28.6 Å². The quantitative estimate of drug-likeness (QED) is 0.721. The molecule has 9 heteroatoms. The molecule has 1 heterocycles. The van der Waals surface area contributed by atoms with E-state index in [-0.39, 0.29) is 17.3 Å².